The minimum absolute atomic E-state index is 0.617. The molecular weight excluding hydrogens is 124 g/mol. The van der Waals surface area contributed by atoms with Crippen LogP contribution < -0.4 is 0 Å². The number of rotatable bonds is 0. The summed E-state index contributed by atoms with van der Waals surface area (Å²) in [5.74, 6) is 0. The van der Waals surface area contributed by atoms with E-state index in [1.165, 1.54) is 5.70 Å². The van der Waals surface area contributed by atoms with E-state index >= 15 is 0 Å². The van der Waals surface area contributed by atoms with Gasteiger partial charge >= 0.3 is 0 Å². The monoisotopic (exact) mass is 140 g/mol. The molecule has 1 fully saturated rings. The summed E-state index contributed by atoms with van der Waals surface area (Å²) < 4.78 is 0. The van der Waals surface area contributed by atoms with Crippen molar-refractivity contribution in [1.82, 2.24) is 9.80 Å². The summed E-state index contributed by atoms with van der Waals surface area (Å²) in [5, 5.41) is 0. The zero-order chi connectivity index (χ0) is 7.72. The minimum atomic E-state index is 0.617. The predicted molar refractivity (Wildman–Crippen MR) is 43.9 cm³/mol. The quantitative estimate of drug-likeness (QED) is 0.490. The molecule has 0 aromatic carbocycles. The third-order valence-corrected chi connectivity index (χ3v) is 2.19. The highest BCUT2D eigenvalue weighted by atomic mass is 15.3. The first kappa shape index (κ1) is 7.61. The Balaban J connectivity index is 2.57. The molecule has 1 atom stereocenters. The average Bonchev–Trinajstić information content (AvgIpc) is 1.82. The van der Waals surface area contributed by atoms with E-state index in [1.54, 1.807) is 0 Å². The Kier molecular flexibility index (Phi) is 2.00. The van der Waals surface area contributed by atoms with Crippen LogP contribution in [0.15, 0.2) is 12.3 Å². The summed E-state index contributed by atoms with van der Waals surface area (Å²) in [4.78, 5) is 4.55. The molecule has 0 saturated carbocycles. The van der Waals surface area contributed by atoms with Gasteiger partial charge in [0.05, 0.1) is 0 Å². The van der Waals surface area contributed by atoms with Crippen molar-refractivity contribution in [1.29, 1.82) is 0 Å². The fourth-order valence-corrected chi connectivity index (χ4v) is 1.37. The van der Waals surface area contributed by atoms with Gasteiger partial charge in [0.15, 0.2) is 0 Å². The van der Waals surface area contributed by atoms with Gasteiger partial charge < -0.3 is 4.90 Å². The molecule has 1 aliphatic rings. The van der Waals surface area contributed by atoms with Crippen molar-refractivity contribution in [2.45, 2.75) is 13.0 Å². The molecule has 10 heavy (non-hydrogen) atoms. The summed E-state index contributed by atoms with van der Waals surface area (Å²) in [5.41, 5.74) is 1.22. The van der Waals surface area contributed by atoms with Crippen LogP contribution >= 0.6 is 0 Å². The maximum atomic E-state index is 3.98. The van der Waals surface area contributed by atoms with Gasteiger partial charge in [0.25, 0.3) is 0 Å². The molecule has 0 N–H and O–H groups in total. The molecule has 1 aliphatic heterocycles. The van der Waals surface area contributed by atoms with E-state index in [1.807, 2.05) is 0 Å². The maximum absolute atomic E-state index is 3.98. The molecule has 0 bridgehead atoms. The van der Waals surface area contributed by atoms with Crippen LogP contribution in [0.3, 0.4) is 0 Å². The summed E-state index contributed by atoms with van der Waals surface area (Å²) in [6, 6.07) is 0.617. The Morgan fingerprint density at radius 1 is 1.50 bits per heavy atom. The molecule has 0 unspecified atom stereocenters. The Hall–Kier alpha value is -0.500. The smallest absolute Gasteiger partial charge is 0.0382 e. The van der Waals surface area contributed by atoms with Crippen LogP contribution in [0, 0.1) is 0 Å². The van der Waals surface area contributed by atoms with Crippen LogP contribution in [0.1, 0.15) is 6.92 Å². The van der Waals surface area contributed by atoms with Gasteiger partial charge in [-0.2, -0.15) is 0 Å². The van der Waals surface area contributed by atoms with Gasteiger partial charge in [0, 0.05) is 31.9 Å². The molecule has 0 aromatic heterocycles. The van der Waals surface area contributed by atoms with Crippen LogP contribution in [0.2, 0.25) is 0 Å². The zero-order valence-electron chi connectivity index (χ0n) is 7.09. The number of likely N-dealkylation sites (N-methyl/N-ethyl adjacent to an activating group) is 2. The van der Waals surface area contributed by atoms with E-state index in [-0.39, 0.29) is 0 Å². The van der Waals surface area contributed by atoms with Gasteiger partial charge in [-0.1, -0.05) is 6.58 Å². The van der Waals surface area contributed by atoms with Crippen LogP contribution in [0.4, 0.5) is 0 Å². The Morgan fingerprint density at radius 2 is 2.10 bits per heavy atom. The number of hydrogen-bond donors (Lipinski definition) is 0. The van der Waals surface area contributed by atoms with Crippen LogP contribution in [-0.2, 0) is 0 Å². The molecule has 1 saturated heterocycles. The second kappa shape index (κ2) is 2.62. The van der Waals surface area contributed by atoms with Crippen molar-refractivity contribution >= 4 is 0 Å². The first-order chi connectivity index (χ1) is 4.61. The lowest BCUT2D eigenvalue weighted by atomic mass is 10.2. The predicted octanol–water partition coefficient (Wildman–Crippen LogP) is 0.766. The summed E-state index contributed by atoms with van der Waals surface area (Å²) in [6.07, 6.45) is 0. The maximum Gasteiger partial charge on any atom is 0.0382 e. The van der Waals surface area contributed by atoms with E-state index in [0.717, 1.165) is 13.1 Å². The summed E-state index contributed by atoms with van der Waals surface area (Å²) in [7, 11) is 4.24. The topological polar surface area (TPSA) is 6.48 Å². The van der Waals surface area contributed by atoms with Gasteiger partial charge in [-0.25, -0.2) is 0 Å². The first-order valence-electron chi connectivity index (χ1n) is 3.70. The molecule has 1 heterocycles. The highest BCUT2D eigenvalue weighted by Gasteiger charge is 2.19. The van der Waals surface area contributed by atoms with Crippen molar-refractivity contribution in [2.24, 2.45) is 0 Å². The first-order valence-corrected chi connectivity index (χ1v) is 3.70. The summed E-state index contributed by atoms with van der Waals surface area (Å²) in [6.45, 7) is 8.37. The normalized spacial score (nSPS) is 29.3. The van der Waals surface area contributed by atoms with Crippen molar-refractivity contribution in [3.63, 3.8) is 0 Å². The number of hydrogen-bond acceptors (Lipinski definition) is 2. The highest BCUT2D eigenvalue weighted by molar-refractivity contribution is 5.01. The lowest BCUT2D eigenvalue weighted by molar-refractivity contribution is 0.171. The molecule has 2 heteroatoms. The molecule has 0 amide bonds. The van der Waals surface area contributed by atoms with E-state index in [9.17, 15) is 0 Å². The van der Waals surface area contributed by atoms with Crippen LogP contribution in [0.5, 0.6) is 0 Å². The van der Waals surface area contributed by atoms with Gasteiger partial charge in [-0.15, -0.1) is 0 Å². The molecule has 0 aromatic rings. The molecule has 0 spiro atoms. The minimum Gasteiger partial charge on any atom is -0.373 e. The number of nitrogens with zero attached hydrogens (tertiary/aromatic N) is 2. The lowest BCUT2D eigenvalue weighted by Gasteiger charge is -2.38. The second-order valence-corrected chi connectivity index (χ2v) is 3.22. The Labute approximate surface area is 63.1 Å². The molecule has 58 valence electrons. The van der Waals surface area contributed by atoms with Crippen molar-refractivity contribution in [2.75, 3.05) is 27.2 Å². The standard InChI is InChI=1S/C8H16N2/c1-7-5-9(3)6-8(2)10(7)4/h8H,1,5-6H2,2-4H3/t8-/m0/s1. The molecule has 0 aliphatic carbocycles. The number of piperazine rings is 1. The highest BCUT2D eigenvalue weighted by Crippen LogP contribution is 2.12. The van der Waals surface area contributed by atoms with E-state index < -0.39 is 0 Å². The van der Waals surface area contributed by atoms with E-state index in [2.05, 4.69) is 37.4 Å². The van der Waals surface area contributed by atoms with Crippen molar-refractivity contribution in [3.8, 4) is 0 Å². The van der Waals surface area contributed by atoms with Crippen molar-refractivity contribution in [3.05, 3.63) is 12.3 Å². The van der Waals surface area contributed by atoms with Crippen LogP contribution in [-0.4, -0.2) is 43.0 Å². The van der Waals surface area contributed by atoms with Gasteiger partial charge in [0.1, 0.15) is 0 Å². The SMILES string of the molecule is C=C1CN(C)C[C@H](C)N1C. The lowest BCUT2D eigenvalue weighted by Crippen LogP contribution is -2.46. The third kappa shape index (κ3) is 1.32. The van der Waals surface area contributed by atoms with Crippen LogP contribution in [0.25, 0.3) is 0 Å². The van der Waals surface area contributed by atoms with E-state index in [0.29, 0.717) is 6.04 Å². The largest absolute Gasteiger partial charge is 0.373 e. The fourth-order valence-electron chi connectivity index (χ4n) is 1.37. The Morgan fingerprint density at radius 3 is 2.60 bits per heavy atom. The summed E-state index contributed by atoms with van der Waals surface area (Å²) >= 11 is 0. The van der Waals surface area contributed by atoms with Gasteiger partial charge in [-0.05, 0) is 14.0 Å². The molecular formula is C8H16N2. The molecule has 1 rings (SSSR count). The van der Waals surface area contributed by atoms with Crippen molar-refractivity contribution < 1.29 is 0 Å². The third-order valence-electron chi connectivity index (χ3n) is 2.19. The molecule has 2 nitrogen and oxygen atoms in total. The van der Waals surface area contributed by atoms with Gasteiger partial charge in [-0.3, -0.25) is 4.90 Å². The van der Waals surface area contributed by atoms with E-state index in [4.69, 9.17) is 0 Å². The Bertz CT molecular complexity index is 142. The zero-order valence-corrected chi connectivity index (χ0v) is 7.09. The second-order valence-electron chi connectivity index (χ2n) is 3.22. The molecule has 0 radical (unpaired) electrons. The van der Waals surface area contributed by atoms with Gasteiger partial charge in [0.2, 0.25) is 0 Å². The fraction of sp³-hybridized carbons (Fsp3) is 0.750. The average molecular weight is 140 g/mol.